The number of amides is 1. The van der Waals surface area contributed by atoms with E-state index in [1.807, 2.05) is 24.1 Å². The summed E-state index contributed by atoms with van der Waals surface area (Å²) in [5.41, 5.74) is 0.359. The molecule has 1 amide bonds. The third-order valence-corrected chi connectivity index (χ3v) is 5.34. The van der Waals surface area contributed by atoms with Gasteiger partial charge in [-0.25, -0.2) is 9.97 Å². The van der Waals surface area contributed by atoms with E-state index >= 15 is 0 Å². The SMILES string of the molecule is CN(c1ncccn1)[C@@H]1CO[C@]2(CCCN(C(=O)c3cccnc3)C2)C1. The summed E-state index contributed by atoms with van der Waals surface area (Å²) in [5, 5.41) is 0. The minimum Gasteiger partial charge on any atom is -0.371 e. The van der Waals surface area contributed by atoms with Gasteiger partial charge in [0.25, 0.3) is 5.91 Å². The minimum absolute atomic E-state index is 0.0315. The molecule has 2 aliphatic heterocycles. The Morgan fingerprint density at radius 2 is 2.15 bits per heavy atom. The van der Waals surface area contributed by atoms with E-state index < -0.39 is 0 Å². The highest BCUT2D eigenvalue weighted by molar-refractivity contribution is 5.94. The molecular formula is C19H23N5O2. The summed E-state index contributed by atoms with van der Waals surface area (Å²) in [4.78, 5) is 29.5. The lowest BCUT2D eigenvalue weighted by Crippen LogP contribution is -2.50. The van der Waals surface area contributed by atoms with E-state index in [1.54, 1.807) is 30.9 Å². The molecule has 2 aliphatic rings. The van der Waals surface area contributed by atoms with Gasteiger partial charge in [0.15, 0.2) is 0 Å². The highest BCUT2D eigenvalue weighted by Crippen LogP contribution is 2.37. The van der Waals surface area contributed by atoms with E-state index in [4.69, 9.17) is 4.74 Å². The molecule has 0 radical (unpaired) electrons. The molecule has 2 fully saturated rings. The number of ether oxygens (including phenoxy) is 1. The van der Waals surface area contributed by atoms with Crippen LogP contribution in [0.4, 0.5) is 5.95 Å². The molecule has 0 aliphatic carbocycles. The van der Waals surface area contributed by atoms with Crippen LogP contribution in [0.3, 0.4) is 0 Å². The van der Waals surface area contributed by atoms with Gasteiger partial charge in [0.05, 0.1) is 30.4 Å². The van der Waals surface area contributed by atoms with Gasteiger partial charge in [-0.2, -0.15) is 0 Å². The first kappa shape index (κ1) is 16.9. The number of hydrogen-bond donors (Lipinski definition) is 0. The first-order valence-corrected chi connectivity index (χ1v) is 9.00. The molecule has 1 spiro atoms. The quantitative estimate of drug-likeness (QED) is 0.837. The molecule has 2 aromatic heterocycles. The lowest BCUT2D eigenvalue weighted by Gasteiger charge is -2.40. The molecule has 7 nitrogen and oxygen atoms in total. The number of aromatic nitrogens is 3. The Morgan fingerprint density at radius 3 is 2.92 bits per heavy atom. The molecule has 2 atom stereocenters. The van der Waals surface area contributed by atoms with Gasteiger partial charge in [-0.1, -0.05) is 0 Å². The topological polar surface area (TPSA) is 71.5 Å². The average Bonchev–Trinajstić information content (AvgIpc) is 3.11. The van der Waals surface area contributed by atoms with E-state index in [-0.39, 0.29) is 17.6 Å². The second-order valence-electron chi connectivity index (χ2n) is 7.08. The molecule has 136 valence electrons. The Bertz CT molecular complexity index is 757. The van der Waals surface area contributed by atoms with Crippen LogP contribution in [0.25, 0.3) is 0 Å². The fraction of sp³-hybridized carbons (Fsp3) is 0.474. The number of hydrogen-bond acceptors (Lipinski definition) is 6. The number of likely N-dealkylation sites (N-methyl/N-ethyl adjacent to an activating group) is 1. The van der Waals surface area contributed by atoms with Gasteiger partial charge in [0.2, 0.25) is 5.95 Å². The number of pyridine rings is 1. The zero-order valence-electron chi connectivity index (χ0n) is 14.9. The van der Waals surface area contributed by atoms with Crippen molar-refractivity contribution in [1.82, 2.24) is 19.9 Å². The van der Waals surface area contributed by atoms with Crippen molar-refractivity contribution in [1.29, 1.82) is 0 Å². The Hall–Kier alpha value is -2.54. The maximum Gasteiger partial charge on any atom is 0.255 e. The number of carbonyl (C=O) groups excluding carboxylic acids is 1. The summed E-state index contributed by atoms with van der Waals surface area (Å²) in [7, 11) is 2.00. The van der Waals surface area contributed by atoms with Crippen molar-refractivity contribution in [3.05, 3.63) is 48.5 Å². The third-order valence-electron chi connectivity index (χ3n) is 5.34. The maximum atomic E-state index is 12.8. The standard InChI is InChI=1S/C19H23N5O2/c1-23(18-21-8-4-9-22-18)16-11-19(26-13-16)6-3-10-24(14-19)17(25)15-5-2-7-20-12-15/h2,4-5,7-9,12,16H,3,6,10-11,13-14H2,1H3/t16-,19+/m0/s1. The fourth-order valence-electron chi connectivity index (χ4n) is 3.93. The largest absolute Gasteiger partial charge is 0.371 e. The van der Waals surface area contributed by atoms with Crippen LogP contribution in [-0.4, -0.2) is 64.1 Å². The number of piperidine rings is 1. The van der Waals surface area contributed by atoms with Gasteiger partial charge in [-0.05, 0) is 31.0 Å². The van der Waals surface area contributed by atoms with Gasteiger partial charge in [-0.15, -0.1) is 0 Å². The van der Waals surface area contributed by atoms with Crippen molar-refractivity contribution < 1.29 is 9.53 Å². The second-order valence-corrected chi connectivity index (χ2v) is 7.08. The second kappa shape index (κ2) is 6.99. The van der Waals surface area contributed by atoms with Crippen LogP contribution >= 0.6 is 0 Å². The van der Waals surface area contributed by atoms with Crippen molar-refractivity contribution in [3.8, 4) is 0 Å². The highest BCUT2D eigenvalue weighted by atomic mass is 16.5. The zero-order valence-corrected chi connectivity index (χ0v) is 14.9. The van der Waals surface area contributed by atoms with Crippen LogP contribution in [0.15, 0.2) is 43.0 Å². The number of anilines is 1. The number of nitrogens with zero attached hydrogens (tertiary/aromatic N) is 5. The molecule has 0 saturated carbocycles. The smallest absolute Gasteiger partial charge is 0.255 e. The van der Waals surface area contributed by atoms with Crippen LogP contribution in [0.2, 0.25) is 0 Å². The molecule has 4 heterocycles. The Labute approximate surface area is 153 Å². The lowest BCUT2D eigenvalue weighted by molar-refractivity contribution is -0.0447. The summed E-state index contributed by atoms with van der Waals surface area (Å²) in [6, 6.07) is 5.64. The van der Waals surface area contributed by atoms with Crippen LogP contribution in [-0.2, 0) is 4.74 Å². The van der Waals surface area contributed by atoms with Gasteiger partial charge >= 0.3 is 0 Å². The molecule has 2 aromatic rings. The lowest BCUT2D eigenvalue weighted by atomic mass is 9.88. The van der Waals surface area contributed by atoms with Gasteiger partial charge in [0.1, 0.15) is 0 Å². The van der Waals surface area contributed by atoms with Crippen LogP contribution in [0.5, 0.6) is 0 Å². The number of rotatable bonds is 3. The normalized spacial score (nSPS) is 25.4. The summed E-state index contributed by atoms with van der Waals surface area (Å²) in [5.74, 6) is 0.737. The van der Waals surface area contributed by atoms with Crippen molar-refractivity contribution >= 4 is 11.9 Å². The molecule has 26 heavy (non-hydrogen) atoms. The molecule has 2 saturated heterocycles. The van der Waals surface area contributed by atoms with E-state index in [0.29, 0.717) is 24.7 Å². The van der Waals surface area contributed by atoms with E-state index in [1.165, 1.54) is 0 Å². The molecule has 0 N–H and O–H groups in total. The number of likely N-dealkylation sites (tertiary alicyclic amines) is 1. The van der Waals surface area contributed by atoms with Gasteiger partial charge in [-0.3, -0.25) is 9.78 Å². The summed E-state index contributed by atoms with van der Waals surface area (Å²) < 4.78 is 6.25. The van der Waals surface area contributed by atoms with Crippen molar-refractivity contribution in [2.45, 2.75) is 30.9 Å². The first-order chi connectivity index (χ1) is 12.7. The molecule has 4 rings (SSSR count). The van der Waals surface area contributed by atoms with Crippen LogP contribution in [0.1, 0.15) is 29.6 Å². The first-order valence-electron chi connectivity index (χ1n) is 9.00. The van der Waals surface area contributed by atoms with Gasteiger partial charge < -0.3 is 14.5 Å². The number of carbonyl (C=O) groups is 1. The predicted molar refractivity (Wildman–Crippen MR) is 96.9 cm³/mol. The summed E-state index contributed by atoms with van der Waals surface area (Å²) in [6.45, 7) is 2.02. The molecule has 0 unspecified atom stereocenters. The van der Waals surface area contributed by atoms with E-state index in [9.17, 15) is 4.79 Å². The molecule has 0 aromatic carbocycles. The summed E-state index contributed by atoms with van der Waals surface area (Å²) in [6.07, 6.45) is 9.61. The van der Waals surface area contributed by atoms with Gasteiger partial charge in [0, 0.05) is 44.8 Å². The summed E-state index contributed by atoms with van der Waals surface area (Å²) >= 11 is 0. The average molecular weight is 353 g/mol. The minimum atomic E-state index is -0.274. The maximum absolute atomic E-state index is 12.8. The van der Waals surface area contributed by atoms with Crippen molar-refractivity contribution in [2.24, 2.45) is 0 Å². The molecular weight excluding hydrogens is 330 g/mol. The monoisotopic (exact) mass is 353 g/mol. The third kappa shape index (κ3) is 3.26. The van der Waals surface area contributed by atoms with Crippen LogP contribution in [0, 0.1) is 0 Å². The Kier molecular flexibility index (Phi) is 4.55. The molecule has 7 heteroatoms. The van der Waals surface area contributed by atoms with Crippen molar-refractivity contribution in [3.63, 3.8) is 0 Å². The van der Waals surface area contributed by atoms with Crippen LogP contribution < -0.4 is 4.90 Å². The Balaban J connectivity index is 1.45. The van der Waals surface area contributed by atoms with E-state index in [2.05, 4.69) is 19.9 Å². The molecule has 0 bridgehead atoms. The van der Waals surface area contributed by atoms with Crippen molar-refractivity contribution in [2.75, 3.05) is 31.6 Å². The zero-order chi connectivity index (χ0) is 18.0. The highest BCUT2D eigenvalue weighted by Gasteiger charge is 2.46. The Morgan fingerprint density at radius 1 is 1.31 bits per heavy atom. The predicted octanol–water partition coefficient (Wildman–Crippen LogP) is 1.77. The fourth-order valence-corrected chi connectivity index (χ4v) is 3.93. The van der Waals surface area contributed by atoms with E-state index in [0.717, 1.165) is 25.8 Å².